The van der Waals surface area contributed by atoms with Crippen molar-refractivity contribution in [2.24, 2.45) is 12.8 Å². The lowest BCUT2D eigenvalue weighted by Gasteiger charge is -2.08. The van der Waals surface area contributed by atoms with Crippen molar-refractivity contribution in [3.8, 4) is 0 Å². The first-order valence-electron chi connectivity index (χ1n) is 5.52. The van der Waals surface area contributed by atoms with Crippen LogP contribution in [-0.4, -0.2) is 21.3 Å². The highest BCUT2D eigenvalue weighted by molar-refractivity contribution is 7.99. The first-order chi connectivity index (χ1) is 8.20. The normalized spacial score (nSPS) is 10.8. The van der Waals surface area contributed by atoms with Crippen molar-refractivity contribution in [1.29, 1.82) is 0 Å². The van der Waals surface area contributed by atoms with Gasteiger partial charge in [-0.15, -0.1) is 10.2 Å². The largest absolute Gasteiger partial charge is 0.330 e. The molecule has 2 N–H and O–H groups in total. The van der Waals surface area contributed by atoms with Gasteiger partial charge in [-0.05, 0) is 43.3 Å². The van der Waals surface area contributed by atoms with Crippen molar-refractivity contribution < 1.29 is 0 Å². The Morgan fingerprint density at radius 2 is 2.24 bits per heavy atom. The second kappa shape index (κ2) is 5.33. The van der Waals surface area contributed by atoms with Gasteiger partial charge >= 0.3 is 0 Å². The van der Waals surface area contributed by atoms with E-state index in [1.165, 1.54) is 16.0 Å². The summed E-state index contributed by atoms with van der Waals surface area (Å²) in [5.41, 5.74) is 8.18. The van der Waals surface area contributed by atoms with Crippen molar-refractivity contribution in [3.63, 3.8) is 0 Å². The van der Waals surface area contributed by atoms with E-state index in [1.54, 1.807) is 18.1 Å². The van der Waals surface area contributed by atoms with Crippen LogP contribution < -0.4 is 5.73 Å². The van der Waals surface area contributed by atoms with E-state index in [9.17, 15) is 0 Å². The number of nitrogens with two attached hydrogens (primary N) is 1. The third-order valence-corrected chi connectivity index (χ3v) is 3.67. The van der Waals surface area contributed by atoms with E-state index in [-0.39, 0.29) is 0 Å². The predicted octanol–water partition coefficient (Wildman–Crippen LogP) is 1.78. The summed E-state index contributed by atoms with van der Waals surface area (Å²) in [6.45, 7) is 2.76. The van der Waals surface area contributed by atoms with Gasteiger partial charge in [-0.1, -0.05) is 17.7 Å². The molecule has 0 saturated heterocycles. The lowest BCUT2D eigenvalue weighted by Crippen LogP contribution is -2.04. The summed E-state index contributed by atoms with van der Waals surface area (Å²) in [5, 5.41) is 8.85. The Balaban J connectivity index is 2.29. The quantitative estimate of drug-likeness (QED) is 0.896. The molecule has 1 aromatic heterocycles. The van der Waals surface area contributed by atoms with Crippen LogP contribution in [0.2, 0.25) is 0 Å². The van der Waals surface area contributed by atoms with Crippen LogP contribution in [0.25, 0.3) is 0 Å². The van der Waals surface area contributed by atoms with E-state index in [0.29, 0.717) is 6.54 Å². The van der Waals surface area contributed by atoms with Gasteiger partial charge < -0.3 is 10.3 Å². The zero-order chi connectivity index (χ0) is 12.3. The average Bonchev–Trinajstić information content (AvgIpc) is 2.69. The lowest BCUT2D eigenvalue weighted by molar-refractivity contribution is 0.787. The fourth-order valence-electron chi connectivity index (χ4n) is 1.62. The van der Waals surface area contributed by atoms with Gasteiger partial charge in [-0.2, -0.15) is 0 Å². The van der Waals surface area contributed by atoms with Crippen LogP contribution in [0.5, 0.6) is 0 Å². The van der Waals surface area contributed by atoms with Gasteiger partial charge in [0.1, 0.15) is 6.33 Å². The van der Waals surface area contributed by atoms with Crippen molar-refractivity contribution in [1.82, 2.24) is 14.8 Å². The number of aromatic nitrogens is 3. The molecule has 0 aliphatic rings. The molecule has 0 fully saturated rings. The van der Waals surface area contributed by atoms with Gasteiger partial charge in [-0.3, -0.25) is 0 Å². The van der Waals surface area contributed by atoms with Gasteiger partial charge in [0, 0.05) is 11.9 Å². The Hall–Kier alpha value is -1.33. The molecule has 2 aromatic rings. The predicted molar refractivity (Wildman–Crippen MR) is 69.1 cm³/mol. The Morgan fingerprint density at radius 3 is 2.88 bits per heavy atom. The highest BCUT2D eigenvalue weighted by Crippen LogP contribution is 2.29. The molecule has 0 aliphatic carbocycles. The molecular weight excluding hydrogens is 232 g/mol. The summed E-state index contributed by atoms with van der Waals surface area (Å²) < 4.78 is 1.91. The topological polar surface area (TPSA) is 56.7 Å². The first kappa shape index (κ1) is 12.1. The molecule has 1 heterocycles. The second-order valence-corrected chi connectivity index (χ2v) is 4.99. The maximum Gasteiger partial charge on any atom is 0.195 e. The Morgan fingerprint density at radius 1 is 1.41 bits per heavy atom. The Labute approximate surface area is 105 Å². The molecule has 90 valence electrons. The summed E-state index contributed by atoms with van der Waals surface area (Å²) in [7, 11) is 1.94. The Bertz CT molecular complexity index is 507. The average molecular weight is 248 g/mol. The molecule has 5 heteroatoms. The molecule has 0 saturated carbocycles. The summed E-state index contributed by atoms with van der Waals surface area (Å²) in [6, 6.07) is 6.42. The molecule has 4 nitrogen and oxygen atoms in total. The van der Waals surface area contributed by atoms with Crippen molar-refractivity contribution in [3.05, 3.63) is 35.7 Å². The van der Waals surface area contributed by atoms with Crippen LogP contribution >= 0.6 is 11.8 Å². The van der Waals surface area contributed by atoms with Crippen molar-refractivity contribution in [2.75, 3.05) is 6.54 Å². The molecule has 2 rings (SSSR count). The highest BCUT2D eigenvalue weighted by Gasteiger charge is 2.08. The summed E-state index contributed by atoms with van der Waals surface area (Å²) in [5.74, 6) is 0. The van der Waals surface area contributed by atoms with Crippen LogP contribution in [0.3, 0.4) is 0 Å². The van der Waals surface area contributed by atoms with Gasteiger partial charge in [0.2, 0.25) is 0 Å². The Kier molecular flexibility index (Phi) is 3.81. The molecule has 0 atom stereocenters. The smallest absolute Gasteiger partial charge is 0.195 e. The second-order valence-electron chi connectivity index (χ2n) is 3.98. The summed E-state index contributed by atoms with van der Waals surface area (Å²) >= 11 is 1.63. The molecule has 0 radical (unpaired) electrons. The number of benzene rings is 1. The highest BCUT2D eigenvalue weighted by atomic mass is 32.2. The SMILES string of the molecule is Cc1ccc(Sc2nncn2C)c(CCN)c1. The lowest BCUT2D eigenvalue weighted by atomic mass is 10.1. The molecular formula is C12H16N4S. The van der Waals surface area contributed by atoms with Crippen LogP contribution in [0.4, 0.5) is 0 Å². The van der Waals surface area contributed by atoms with Crippen LogP contribution in [0.1, 0.15) is 11.1 Å². The van der Waals surface area contributed by atoms with Crippen molar-refractivity contribution in [2.45, 2.75) is 23.4 Å². The van der Waals surface area contributed by atoms with Gasteiger partial charge in [0.25, 0.3) is 0 Å². The fourth-order valence-corrected chi connectivity index (χ4v) is 2.53. The van der Waals surface area contributed by atoms with Crippen molar-refractivity contribution >= 4 is 11.8 Å². The molecule has 0 spiro atoms. The van der Waals surface area contributed by atoms with E-state index in [1.807, 2.05) is 11.6 Å². The minimum Gasteiger partial charge on any atom is -0.330 e. The fraction of sp³-hybridized carbons (Fsp3) is 0.333. The van der Waals surface area contributed by atoms with E-state index in [2.05, 4.69) is 35.3 Å². The molecule has 17 heavy (non-hydrogen) atoms. The molecule has 1 aromatic carbocycles. The van der Waals surface area contributed by atoms with E-state index < -0.39 is 0 Å². The zero-order valence-electron chi connectivity index (χ0n) is 10.1. The zero-order valence-corrected chi connectivity index (χ0v) is 10.9. The molecule has 0 amide bonds. The van der Waals surface area contributed by atoms with Gasteiger partial charge in [-0.25, -0.2) is 0 Å². The maximum atomic E-state index is 5.64. The van der Waals surface area contributed by atoms with Gasteiger partial charge in [0.15, 0.2) is 5.16 Å². The minimum atomic E-state index is 0.663. The van der Waals surface area contributed by atoms with Crippen LogP contribution in [-0.2, 0) is 13.5 Å². The third-order valence-electron chi connectivity index (χ3n) is 2.50. The molecule has 0 aliphatic heterocycles. The summed E-state index contributed by atoms with van der Waals surface area (Å²) in [4.78, 5) is 1.21. The minimum absolute atomic E-state index is 0.663. The van der Waals surface area contributed by atoms with Gasteiger partial charge in [0.05, 0.1) is 0 Å². The number of hydrogen-bond acceptors (Lipinski definition) is 4. The molecule has 0 bridgehead atoms. The number of hydrogen-bond donors (Lipinski definition) is 1. The van der Waals surface area contributed by atoms with E-state index in [0.717, 1.165) is 11.6 Å². The monoisotopic (exact) mass is 248 g/mol. The number of aryl methyl sites for hydroxylation is 2. The first-order valence-corrected chi connectivity index (χ1v) is 6.34. The standard InChI is InChI=1S/C12H16N4S/c1-9-3-4-11(10(7-9)5-6-13)17-12-15-14-8-16(12)2/h3-4,7-8H,5-6,13H2,1-2H3. The van der Waals surface area contributed by atoms with Crippen LogP contribution in [0.15, 0.2) is 34.6 Å². The molecule has 0 unspecified atom stereocenters. The third kappa shape index (κ3) is 2.87. The van der Waals surface area contributed by atoms with Crippen LogP contribution in [0, 0.1) is 6.92 Å². The number of nitrogens with zero attached hydrogens (tertiary/aromatic N) is 3. The summed E-state index contributed by atoms with van der Waals surface area (Å²) in [6.07, 6.45) is 2.60. The maximum absolute atomic E-state index is 5.64. The van der Waals surface area contributed by atoms with E-state index in [4.69, 9.17) is 5.73 Å². The van der Waals surface area contributed by atoms with E-state index >= 15 is 0 Å². The number of rotatable bonds is 4.